The minimum atomic E-state index is 0.603. The second-order valence-corrected chi connectivity index (χ2v) is 5.00. The molecule has 0 saturated carbocycles. The van der Waals surface area contributed by atoms with E-state index in [9.17, 15) is 0 Å². The van der Waals surface area contributed by atoms with Crippen LogP contribution in [0.5, 0.6) is 11.5 Å². The molecule has 1 N–H and O–H groups in total. The summed E-state index contributed by atoms with van der Waals surface area (Å²) in [5, 5.41) is 3.40. The van der Waals surface area contributed by atoms with Gasteiger partial charge >= 0.3 is 0 Å². The maximum Gasteiger partial charge on any atom is 0.161 e. The van der Waals surface area contributed by atoms with Crippen LogP contribution in [0.15, 0.2) is 30.9 Å². The Kier molecular flexibility index (Phi) is 5.28. The summed E-state index contributed by atoms with van der Waals surface area (Å²) in [7, 11) is 1.68. The Balaban J connectivity index is 1.96. The lowest BCUT2D eigenvalue weighted by Crippen LogP contribution is -2.33. The number of allylic oxidation sites excluding steroid dienone is 1. The molecule has 0 amide bonds. The van der Waals surface area contributed by atoms with Crippen molar-refractivity contribution in [2.45, 2.75) is 19.3 Å². The molecule has 3 nitrogen and oxygen atoms in total. The monoisotopic (exact) mass is 261 g/mol. The van der Waals surface area contributed by atoms with Gasteiger partial charge in [-0.05, 0) is 43.5 Å². The van der Waals surface area contributed by atoms with Crippen LogP contribution in [-0.4, -0.2) is 26.8 Å². The van der Waals surface area contributed by atoms with E-state index in [2.05, 4.69) is 18.0 Å². The van der Waals surface area contributed by atoms with Gasteiger partial charge in [0.2, 0.25) is 0 Å². The van der Waals surface area contributed by atoms with E-state index >= 15 is 0 Å². The minimum absolute atomic E-state index is 0.603. The fourth-order valence-electron chi connectivity index (χ4n) is 2.40. The number of methoxy groups -OCH3 is 1. The van der Waals surface area contributed by atoms with Gasteiger partial charge in [0.25, 0.3) is 0 Å². The Morgan fingerprint density at radius 3 is 3.00 bits per heavy atom. The average Bonchev–Trinajstić information content (AvgIpc) is 2.47. The topological polar surface area (TPSA) is 30.5 Å². The minimum Gasteiger partial charge on any atom is -0.493 e. The van der Waals surface area contributed by atoms with Gasteiger partial charge in [0.1, 0.15) is 0 Å². The highest BCUT2D eigenvalue weighted by Gasteiger charge is 2.14. The molecular weight excluding hydrogens is 238 g/mol. The zero-order valence-electron chi connectivity index (χ0n) is 11.7. The zero-order chi connectivity index (χ0) is 13.5. The highest BCUT2D eigenvalue weighted by Crippen LogP contribution is 2.29. The van der Waals surface area contributed by atoms with Crippen LogP contribution in [0.2, 0.25) is 0 Å². The van der Waals surface area contributed by atoms with Crippen molar-refractivity contribution in [1.29, 1.82) is 0 Å². The van der Waals surface area contributed by atoms with Crippen LogP contribution >= 0.6 is 0 Å². The van der Waals surface area contributed by atoms with Crippen molar-refractivity contribution in [2.75, 3.05) is 26.8 Å². The fraction of sp³-hybridized carbons (Fsp3) is 0.500. The molecule has 1 aliphatic heterocycles. The van der Waals surface area contributed by atoms with Crippen LogP contribution in [0.4, 0.5) is 0 Å². The quantitative estimate of drug-likeness (QED) is 0.799. The maximum atomic E-state index is 5.91. The van der Waals surface area contributed by atoms with Crippen molar-refractivity contribution in [3.05, 3.63) is 36.4 Å². The molecule has 104 valence electrons. The van der Waals surface area contributed by atoms with Crippen molar-refractivity contribution >= 4 is 0 Å². The summed E-state index contributed by atoms with van der Waals surface area (Å²) in [6.45, 7) is 6.69. The number of piperidine rings is 1. The smallest absolute Gasteiger partial charge is 0.161 e. The van der Waals surface area contributed by atoms with Crippen molar-refractivity contribution in [2.24, 2.45) is 5.92 Å². The summed E-state index contributed by atoms with van der Waals surface area (Å²) in [4.78, 5) is 0. The molecule has 1 aliphatic rings. The molecule has 19 heavy (non-hydrogen) atoms. The zero-order valence-corrected chi connectivity index (χ0v) is 11.7. The lowest BCUT2D eigenvalue weighted by molar-refractivity contribution is 0.211. The molecule has 1 aromatic rings. The first-order valence-corrected chi connectivity index (χ1v) is 6.95. The Bertz CT molecular complexity index is 411. The predicted octanol–water partition coefficient (Wildman–Crippen LogP) is 2.80. The first-order valence-electron chi connectivity index (χ1n) is 6.95. The van der Waals surface area contributed by atoms with Gasteiger partial charge in [-0.15, -0.1) is 6.58 Å². The number of ether oxygens (including phenoxy) is 2. The van der Waals surface area contributed by atoms with Gasteiger partial charge in [-0.2, -0.15) is 0 Å². The van der Waals surface area contributed by atoms with Gasteiger partial charge in [-0.25, -0.2) is 0 Å². The lowest BCUT2D eigenvalue weighted by Gasteiger charge is -2.23. The van der Waals surface area contributed by atoms with Crippen molar-refractivity contribution in [1.82, 2.24) is 5.32 Å². The second-order valence-electron chi connectivity index (χ2n) is 5.00. The van der Waals surface area contributed by atoms with E-state index in [1.54, 1.807) is 7.11 Å². The first-order chi connectivity index (χ1) is 9.33. The molecule has 1 atom stereocenters. The molecule has 1 saturated heterocycles. The number of hydrogen-bond acceptors (Lipinski definition) is 3. The van der Waals surface area contributed by atoms with Crippen LogP contribution in [-0.2, 0) is 6.42 Å². The van der Waals surface area contributed by atoms with E-state index in [0.717, 1.165) is 37.6 Å². The van der Waals surface area contributed by atoms with Gasteiger partial charge in [-0.3, -0.25) is 0 Å². The summed E-state index contributed by atoms with van der Waals surface area (Å²) in [6, 6.07) is 6.09. The SMILES string of the molecule is C=CCc1ccc(OCC2CCCNC2)c(OC)c1. The molecule has 0 bridgehead atoms. The summed E-state index contributed by atoms with van der Waals surface area (Å²) in [5.74, 6) is 2.25. The molecule has 1 heterocycles. The molecule has 2 rings (SSSR count). The van der Waals surface area contributed by atoms with Gasteiger partial charge in [0.15, 0.2) is 11.5 Å². The van der Waals surface area contributed by atoms with Gasteiger partial charge in [-0.1, -0.05) is 12.1 Å². The first kappa shape index (κ1) is 13.9. The van der Waals surface area contributed by atoms with E-state index in [0.29, 0.717) is 5.92 Å². The maximum absolute atomic E-state index is 5.91. The van der Waals surface area contributed by atoms with Gasteiger partial charge < -0.3 is 14.8 Å². The molecular formula is C16H23NO2. The third-order valence-electron chi connectivity index (χ3n) is 3.48. The molecule has 1 unspecified atom stereocenters. The predicted molar refractivity (Wildman–Crippen MR) is 78.0 cm³/mol. The van der Waals surface area contributed by atoms with Crippen molar-refractivity contribution < 1.29 is 9.47 Å². The molecule has 3 heteroatoms. The highest BCUT2D eigenvalue weighted by atomic mass is 16.5. The fourth-order valence-corrected chi connectivity index (χ4v) is 2.40. The van der Waals surface area contributed by atoms with E-state index in [-0.39, 0.29) is 0 Å². The summed E-state index contributed by atoms with van der Waals surface area (Å²) >= 11 is 0. The molecule has 1 aromatic carbocycles. The largest absolute Gasteiger partial charge is 0.493 e. The number of benzene rings is 1. The van der Waals surface area contributed by atoms with Crippen LogP contribution in [0.3, 0.4) is 0 Å². The Morgan fingerprint density at radius 2 is 2.32 bits per heavy atom. The summed E-state index contributed by atoms with van der Waals surface area (Å²) in [5.41, 5.74) is 1.19. The molecule has 1 fully saturated rings. The third-order valence-corrected chi connectivity index (χ3v) is 3.48. The lowest BCUT2D eigenvalue weighted by atomic mass is 10.0. The number of nitrogens with one attached hydrogen (secondary N) is 1. The van der Waals surface area contributed by atoms with Crippen LogP contribution < -0.4 is 14.8 Å². The Labute approximate surface area is 115 Å². The summed E-state index contributed by atoms with van der Waals surface area (Å²) in [6.07, 6.45) is 5.22. The van der Waals surface area contributed by atoms with Crippen LogP contribution in [0.25, 0.3) is 0 Å². The van der Waals surface area contributed by atoms with E-state index in [1.807, 2.05) is 18.2 Å². The number of hydrogen-bond donors (Lipinski definition) is 1. The molecule has 0 radical (unpaired) electrons. The molecule has 0 aromatic heterocycles. The Hall–Kier alpha value is -1.48. The van der Waals surface area contributed by atoms with Crippen LogP contribution in [0, 0.1) is 5.92 Å². The normalized spacial score (nSPS) is 18.9. The summed E-state index contributed by atoms with van der Waals surface area (Å²) < 4.78 is 11.3. The van der Waals surface area contributed by atoms with Crippen molar-refractivity contribution in [3.63, 3.8) is 0 Å². The molecule has 0 spiro atoms. The van der Waals surface area contributed by atoms with E-state index in [1.165, 1.54) is 18.4 Å². The second kappa shape index (κ2) is 7.19. The van der Waals surface area contributed by atoms with Crippen LogP contribution in [0.1, 0.15) is 18.4 Å². The molecule has 0 aliphatic carbocycles. The van der Waals surface area contributed by atoms with Gasteiger partial charge in [0.05, 0.1) is 13.7 Å². The average molecular weight is 261 g/mol. The van der Waals surface area contributed by atoms with E-state index < -0.39 is 0 Å². The number of rotatable bonds is 6. The third kappa shape index (κ3) is 4.00. The van der Waals surface area contributed by atoms with Gasteiger partial charge in [0, 0.05) is 12.5 Å². The standard InChI is InChI=1S/C16H23NO2/c1-3-5-13-7-8-15(16(10-13)18-2)19-12-14-6-4-9-17-11-14/h3,7-8,10,14,17H,1,4-6,9,11-12H2,2H3. The van der Waals surface area contributed by atoms with Crippen molar-refractivity contribution in [3.8, 4) is 11.5 Å². The Morgan fingerprint density at radius 1 is 1.42 bits per heavy atom. The van der Waals surface area contributed by atoms with E-state index in [4.69, 9.17) is 9.47 Å². The highest BCUT2D eigenvalue weighted by molar-refractivity contribution is 5.43.